The molecule has 0 atom stereocenters. The first-order valence-electron chi connectivity index (χ1n) is 7.29. The van der Waals surface area contributed by atoms with E-state index in [1.54, 1.807) is 6.20 Å². The summed E-state index contributed by atoms with van der Waals surface area (Å²) >= 11 is 0. The molecule has 0 unspecified atom stereocenters. The fraction of sp³-hybridized carbons (Fsp3) is 0.471. The molecule has 0 radical (unpaired) electrons. The predicted octanol–water partition coefficient (Wildman–Crippen LogP) is 3.64. The van der Waals surface area contributed by atoms with Gasteiger partial charge in [0.25, 0.3) is 0 Å². The molecular formula is C17H24N2O. The van der Waals surface area contributed by atoms with Crippen LogP contribution in [0.15, 0.2) is 36.5 Å². The Morgan fingerprint density at radius 1 is 1.25 bits per heavy atom. The van der Waals surface area contributed by atoms with E-state index in [9.17, 15) is 0 Å². The van der Waals surface area contributed by atoms with Crippen LogP contribution in [0.5, 0.6) is 5.75 Å². The number of ether oxygens (including phenoxy) is 1. The summed E-state index contributed by atoms with van der Waals surface area (Å²) in [4.78, 5) is 4.42. The Kier molecular flexibility index (Phi) is 4.96. The van der Waals surface area contributed by atoms with Gasteiger partial charge in [-0.3, -0.25) is 4.98 Å². The second kappa shape index (κ2) is 6.71. The molecule has 2 aromatic rings. The molecule has 0 aliphatic carbocycles. The summed E-state index contributed by atoms with van der Waals surface area (Å²) in [6, 6.07) is 10.1. The van der Waals surface area contributed by atoms with Crippen molar-refractivity contribution in [1.29, 1.82) is 0 Å². The number of para-hydroxylation sites is 1. The molecule has 0 bridgehead atoms. The van der Waals surface area contributed by atoms with Crippen molar-refractivity contribution in [2.24, 2.45) is 5.41 Å². The quantitative estimate of drug-likeness (QED) is 0.781. The zero-order chi connectivity index (χ0) is 14.4. The molecule has 0 aliphatic rings. The van der Waals surface area contributed by atoms with Crippen LogP contribution < -0.4 is 10.1 Å². The number of nitrogens with zero attached hydrogens (tertiary/aromatic N) is 1. The maximum Gasteiger partial charge on any atom is 0.138 e. The number of benzene rings is 1. The second-order valence-electron chi connectivity index (χ2n) is 5.99. The molecule has 0 aliphatic heterocycles. The number of rotatable bonds is 7. The first-order valence-corrected chi connectivity index (χ1v) is 7.29. The molecular weight excluding hydrogens is 248 g/mol. The lowest BCUT2D eigenvalue weighted by Crippen LogP contribution is -2.34. The molecule has 3 nitrogen and oxygen atoms in total. The van der Waals surface area contributed by atoms with E-state index in [4.69, 9.17) is 4.74 Å². The predicted molar refractivity (Wildman–Crippen MR) is 84.2 cm³/mol. The lowest BCUT2D eigenvalue weighted by molar-refractivity contribution is 0.176. The van der Waals surface area contributed by atoms with Crippen molar-refractivity contribution in [2.45, 2.75) is 27.2 Å². The number of nitrogens with one attached hydrogen (secondary N) is 1. The Morgan fingerprint density at radius 2 is 2.05 bits per heavy atom. The molecule has 0 saturated heterocycles. The highest BCUT2D eigenvalue weighted by molar-refractivity contribution is 5.79. The maximum absolute atomic E-state index is 5.91. The number of hydrogen-bond acceptors (Lipinski definition) is 3. The monoisotopic (exact) mass is 272 g/mol. The largest absolute Gasteiger partial charge is 0.491 e. The van der Waals surface area contributed by atoms with Gasteiger partial charge in [-0.2, -0.15) is 0 Å². The van der Waals surface area contributed by atoms with Crippen molar-refractivity contribution < 1.29 is 4.74 Å². The summed E-state index contributed by atoms with van der Waals surface area (Å²) in [6.07, 6.45) is 2.96. The van der Waals surface area contributed by atoms with E-state index in [0.717, 1.165) is 36.2 Å². The molecule has 108 valence electrons. The fourth-order valence-corrected chi connectivity index (χ4v) is 2.06. The van der Waals surface area contributed by atoms with E-state index in [2.05, 4.69) is 43.2 Å². The summed E-state index contributed by atoms with van der Waals surface area (Å²) in [5.74, 6) is 0.840. The number of aromatic nitrogens is 1. The first-order chi connectivity index (χ1) is 9.61. The lowest BCUT2D eigenvalue weighted by atomic mass is 9.95. The molecule has 1 aromatic heterocycles. The molecule has 1 aromatic carbocycles. The average Bonchev–Trinajstić information content (AvgIpc) is 2.45. The van der Waals surface area contributed by atoms with Gasteiger partial charge in [0.2, 0.25) is 0 Å². The number of fused-ring (bicyclic) bond motifs is 1. The van der Waals surface area contributed by atoms with Crippen LogP contribution in [0.25, 0.3) is 10.9 Å². The van der Waals surface area contributed by atoms with Crippen LogP contribution in [0.1, 0.15) is 27.2 Å². The highest BCUT2D eigenvalue weighted by atomic mass is 16.5. The van der Waals surface area contributed by atoms with Crippen molar-refractivity contribution >= 4 is 10.9 Å². The van der Waals surface area contributed by atoms with Crippen molar-refractivity contribution in [1.82, 2.24) is 10.3 Å². The van der Waals surface area contributed by atoms with Crippen LogP contribution >= 0.6 is 0 Å². The maximum atomic E-state index is 5.91. The number of hydrogen-bond donors (Lipinski definition) is 1. The van der Waals surface area contributed by atoms with E-state index >= 15 is 0 Å². The van der Waals surface area contributed by atoms with Crippen molar-refractivity contribution in [3.05, 3.63) is 36.5 Å². The lowest BCUT2D eigenvalue weighted by Gasteiger charge is -2.25. The van der Waals surface area contributed by atoms with E-state index in [0.29, 0.717) is 6.61 Å². The Bertz CT molecular complexity index is 551. The van der Waals surface area contributed by atoms with Crippen LogP contribution in [0.3, 0.4) is 0 Å². The number of pyridine rings is 1. The Morgan fingerprint density at radius 3 is 2.85 bits per heavy atom. The third kappa shape index (κ3) is 4.20. The minimum atomic E-state index is 0.112. The topological polar surface area (TPSA) is 34.1 Å². The van der Waals surface area contributed by atoms with Gasteiger partial charge >= 0.3 is 0 Å². The van der Waals surface area contributed by atoms with Crippen LogP contribution in [0, 0.1) is 5.41 Å². The van der Waals surface area contributed by atoms with Gasteiger partial charge in [0.05, 0.1) is 18.3 Å². The van der Waals surface area contributed by atoms with E-state index in [1.807, 2.05) is 18.2 Å². The molecule has 1 N–H and O–H groups in total. The fourth-order valence-electron chi connectivity index (χ4n) is 2.06. The van der Waals surface area contributed by atoms with Gasteiger partial charge in [-0.25, -0.2) is 0 Å². The summed E-state index contributed by atoms with van der Waals surface area (Å²) in [5.41, 5.74) is 1.12. The van der Waals surface area contributed by atoms with Crippen molar-refractivity contribution in [3.63, 3.8) is 0 Å². The first kappa shape index (κ1) is 14.8. The molecule has 20 heavy (non-hydrogen) atoms. The van der Waals surface area contributed by atoms with E-state index < -0.39 is 0 Å². The van der Waals surface area contributed by atoms with Gasteiger partial charge in [0.1, 0.15) is 5.75 Å². The summed E-state index contributed by atoms with van der Waals surface area (Å²) < 4.78 is 5.91. The van der Waals surface area contributed by atoms with Gasteiger partial charge < -0.3 is 10.1 Å². The summed E-state index contributed by atoms with van der Waals surface area (Å²) in [6.45, 7) is 9.30. The SMILES string of the molecule is CCCNCC(C)(C)COc1cnc2ccccc2c1. The van der Waals surface area contributed by atoms with Gasteiger partial charge in [-0.15, -0.1) is 0 Å². The third-order valence-electron chi connectivity index (χ3n) is 3.23. The summed E-state index contributed by atoms with van der Waals surface area (Å²) in [7, 11) is 0. The molecule has 0 fully saturated rings. The van der Waals surface area contributed by atoms with Crippen LogP contribution in [0.2, 0.25) is 0 Å². The molecule has 2 rings (SSSR count). The van der Waals surface area contributed by atoms with Crippen LogP contribution in [-0.2, 0) is 0 Å². The third-order valence-corrected chi connectivity index (χ3v) is 3.23. The second-order valence-corrected chi connectivity index (χ2v) is 5.99. The Hall–Kier alpha value is -1.61. The van der Waals surface area contributed by atoms with Gasteiger partial charge in [-0.1, -0.05) is 39.0 Å². The minimum absolute atomic E-state index is 0.112. The van der Waals surface area contributed by atoms with E-state index in [-0.39, 0.29) is 5.41 Å². The molecule has 0 amide bonds. The smallest absolute Gasteiger partial charge is 0.138 e. The molecule has 1 heterocycles. The van der Waals surface area contributed by atoms with Crippen molar-refractivity contribution in [2.75, 3.05) is 19.7 Å². The van der Waals surface area contributed by atoms with Gasteiger partial charge in [0.15, 0.2) is 0 Å². The highest BCUT2D eigenvalue weighted by Crippen LogP contribution is 2.21. The highest BCUT2D eigenvalue weighted by Gasteiger charge is 2.18. The normalized spacial score (nSPS) is 11.8. The van der Waals surface area contributed by atoms with Crippen LogP contribution in [-0.4, -0.2) is 24.7 Å². The standard InChI is InChI=1S/C17H24N2O/c1-4-9-18-12-17(2,3)13-20-15-10-14-7-5-6-8-16(14)19-11-15/h5-8,10-11,18H,4,9,12-13H2,1-3H3. The summed E-state index contributed by atoms with van der Waals surface area (Å²) in [5, 5.41) is 4.56. The molecule has 0 spiro atoms. The molecule has 0 saturated carbocycles. The van der Waals surface area contributed by atoms with Crippen LogP contribution in [0.4, 0.5) is 0 Å². The molecule has 3 heteroatoms. The minimum Gasteiger partial charge on any atom is -0.491 e. The Balaban J connectivity index is 1.94. The van der Waals surface area contributed by atoms with Gasteiger partial charge in [0, 0.05) is 17.3 Å². The zero-order valence-corrected chi connectivity index (χ0v) is 12.6. The Labute approximate surface area is 121 Å². The van der Waals surface area contributed by atoms with E-state index in [1.165, 1.54) is 0 Å². The zero-order valence-electron chi connectivity index (χ0n) is 12.6. The average molecular weight is 272 g/mol. The van der Waals surface area contributed by atoms with Gasteiger partial charge in [-0.05, 0) is 25.1 Å². The van der Waals surface area contributed by atoms with Crippen molar-refractivity contribution in [3.8, 4) is 5.75 Å².